The van der Waals surface area contributed by atoms with Crippen molar-refractivity contribution in [2.24, 2.45) is 0 Å². The predicted octanol–water partition coefficient (Wildman–Crippen LogP) is 7.05. The zero-order chi connectivity index (χ0) is 17.4. The van der Waals surface area contributed by atoms with Crippen molar-refractivity contribution in [3.63, 3.8) is 0 Å². The summed E-state index contributed by atoms with van der Waals surface area (Å²) in [7, 11) is 0. The van der Waals surface area contributed by atoms with Crippen LogP contribution in [0.4, 0.5) is 0 Å². The Hall–Kier alpha value is -2.39. The van der Waals surface area contributed by atoms with E-state index in [0.717, 1.165) is 21.1 Å². The fraction of sp³-hybridized carbons (Fsp3) is 0.136. The number of halogens is 1. The number of rotatable bonds is 3. The van der Waals surface area contributed by atoms with E-state index >= 15 is 0 Å². The highest BCUT2D eigenvalue weighted by Crippen LogP contribution is 2.33. The van der Waals surface area contributed by atoms with E-state index in [-0.39, 0.29) is 0 Å². The molecule has 0 fully saturated rings. The summed E-state index contributed by atoms with van der Waals surface area (Å²) in [5, 5.41) is 0. The van der Waals surface area contributed by atoms with Crippen molar-refractivity contribution >= 4 is 27.0 Å². The van der Waals surface area contributed by atoms with Crippen LogP contribution in [0.3, 0.4) is 0 Å². The van der Waals surface area contributed by atoms with Gasteiger partial charge in [-0.1, -0.05) is 56.3 Å². The number of aromatic nitrogens is 1. The van der Waals surface area contributed by atoms with Crippen LogP contribution in [0.2, 0.25) is 0 Å². The lowest BCUT2D eigenvalue weighted by molar-refractivity contribution is 0.618. The second-order valence-electron chi connectivity index (χ2n) is 6.47. The third-order valence-corrected chi connectivity index (χ3v) is 4.96. The molecule has 0 aliphatic carbocycles. The van der Waals surface area contributed by atoms with Gasteiger partial charge in [0.15, 0.2) is 5.58 Å². The summed E-state index contributed by atoms with van der Waals surface area (Å²) in [6.07, 6.45) is 0. The molecule has 0 unspecified atom stereocenters. The lowest BCUT2D eigenvalue weighted by Crippen LogP contribution is -1.87. The molecule has 0 bridgehead atoms. The molecule has 1 aromatic heterocycles. The standard InChI is InChI=1S/C22H18BrNO/c1-14(2)18-12-19(23)21-20(13-18)24-22(25-21)17-10-8-16(9-11-17)15-6-4-3-5-7-15/h3-14H,1-2H3. The van der Waals surface area contributed by atoms with E-state index in [1.165, 1.54) is 16.7 Å². The Bertz CT molecular complexity index is 1020. The molecule has 0 spiro atoms. The summed E-state index contributed by atoms with van der Waals surface area (Å²) in [5.41, 5.74) is 6.30. The summed E-state index contributed by atoms with van der Waals surface area (Å²) in [6, 6.07) is 22.9. The van der Waals surface area contributed by atoms with Gasteiger partial charge < -0.3 is 4.42 Å². The number of nitrogens with zero attached hydrogens (tertiary/aromatic N) is 1. The second-order valence-corrected chi connectivity index (χ2v) is 7.32. The van der Waals surface area contributed by atoms with Gasteiger partial charge in [-0.05, 0) is 62.8 Å². The lowest BCUT2D eigenvalue weighted by atomic mass is 10.0. The van der Waals surface area contributed by atoms with E-state index in [1.54, 1.807) is 0 Å². The quantitative estimate of drug-likeness (QED) is 0.373. The molecular formula is C22H18BrNO. The summed E-state index contributed by atoms with van der Waals surface area (Å²) in [6.45, 7) is 4.35. The van der Waals surface area contributed by atoms with Crippen molar-refractivity contribution in [2.45, 2.75) is 19.8 Å². The van der Waals surface area contributed by atoms with E-state index in [9.17, 15) is 0 Å². The number of fused-ring (bicyclic) bond motifs is 1. The smallest absolute Gasteiger partial charge is 0.227 e. The minimum Gasteiger partial charge on any atom is -0.435 e. The van der Waals surface area contributed by atoms with Crippen LogP contribution < -0.4 is 0 Å². The Morgan fingerprint density at radius 1 is 0.840 bits per heavy atom. The first-order valence-corrected chi connectivity index (χ1v) is 9.17. The minimum absolute atomic E-state index is 0.450. The fourth-order valence-corrected chi connectivity index (χ4v) is 3.45. The molecule has 0 saturated carbocycles. The van der Waals surface area contributed by atoms with Crippen molar-refractivity contribution in [1.29, 1.82) is 0 Å². The third kappa shape index (κ3) is 3.12. The molecule has 4 aromatic rings. The predicted molar refractivity (Wildman–Crippen MR) is 107 cm³/mol. The summed E-state index contributed by atoms with van der Waals surface area (Å²) >= 11 is 3.61. The van der Waals surface area contributed by atoms with E-state index in [1.807, 2.05) is 18.2 Å². The van der Waals surface area contributed by atoms with Gasteiger partial charge in [0.05, 0.1) is 4.47 Å². The molecule has 124 valence electrons. The molecule has 0 aliphatic heterocycles. The first-order valence-electron chi connectivity index (χ1n) is 8.37. The van der Waals surface area contributed by atoms with Crippen molar-refractivity contribution in [2.75, 3.05) is 0 Å². The third-order valence-electron chi connectivity index (χ3n) is 4.37. The number of hydrogen-bond acceptors (Lipinski definition) is 2. The van der Waals surface area contributed by atoms with E-state index < -0.39 is 0 Å². The minimum atomic E-state index is 0.450. The van der Waals surface area contributed by atoms with Crippen molar-refractivity contribution in [3.05, 3.63) is 76.8 Å². The van der Waals surface area contributed by atoms with Gasteiger partial charge in [0.2, 0.25) is 5.89 Å². The van der Waals surface area contributed by atoms with Gasteiger partial charge in [-0.2, -0.15) is 0 Å². The van der Waals surface area contributed by atoms with Crippen LogP contribution in [-0.4, -0.2) is 4.98 Å². The maximum absolute atomic E-state index is 6.01. The van der Waals surface area contributed by atoms with E-state index in [2.05, 4.69) is 78.3 Å². The lowest BCUT2D eigenvalue weighted by Gasteiger charge is -2.04. The molecule has 0 N–H and O–H groups in total. The molecule has 4 rings (SSSR count). The SMILES string of the molecule is CC(C)c1cc(Br)c2oc(-c3ccc(-c4ccccc4)cc3)nc2c1. The molecule has 25 heavy (non-hydrogen) atoms. The monoisotopic (exact) mass is 391 g/mol. The van der Waals surface area contributed by atoms with Gasteiger partial charge >= 0.3 is 0 Å². The zero-order valence-electron chi connectivity index (χ0n) is 14.2. The van der Waals surface area contributed by atoms with Crippen molar-refractivity contribution < 1.29 is 4.42 Å². The Balaban J connectivity index is 1.73. The van der Waals surface area contributed by atoms with Crippen LogP contribution in [-0.2, 0) is 0 Å². The van der Waals surface area contributed by atoms with Crippen LogP contribution in [0, 0.1) is 0 Å². The van der Waals surface area contributed by atoms with Gasteiger partial charge in [-0.15, -0.1) is 0 Å². The van der Waals surface area contributed by atoms with E-state index in [0.29, 0.717) is 11.8 Å². The molecule has 0 saturated heterocycles. The van der Waals surface area contributed by atoms with Gasteiger partial charge in [0.25, 0.3) is 0 Å². The van der Waals surface area contributed by atoms with Crippen molar-refractivity contribution in [1.82, 2.24) is 4.98 Å². The molecule has 0 radical (unpaired) electrons. The Labute approximate surface area is 155 Å². The highest BCUT2D eigenvalue weighted by molar-refractivity contribution is 9.10. The molecule has 1 heterocycles. The van der Waals surface area contributed by atoms with Crippen molar-refractivity contribution in [3.8, 4) is 22.6 Å². The Morgan fingerprint density at radius 3 is 2.16 bits per heavy atom. The molecule has 2 nitrogen and oxygen atoms in total. The van der Waals surface area contributed by atoms with E-state index in [4.69, 9.17) is 9.40 Å². The molecular weight excluding hydrogens is 374 g/mol. The number of benzene rings is 3. The maximum atomic E-state index is 6.01. The number of hydrogen-bond donors (Lipinski definition) is 0. The van der Waals surface area contributed by atoms with Crippen LogP contribution >= 0.6 is 15.9 Å². The molecule has 3 aromatic carbocycles. The van der Waals surface area contributed by atoms with Crippen LogP contribution in [0.15, 0.2) is 75.6 Å². The van der Waals surface area contributed by atoms with Crippen LogP contribution in [0.1, 0.15) is 25.3 Å². The molecule has 0 atom stereocenters. The molecule has 0 aliphatic rings. The summed E-state index contributed by atoms with van der Waals surface area (Å²) < 4.78 is 6.96. The Kier molecular flexibility index (Phi) is 4.18. The van der Waals surface area contributed by atoms with Gasteiger partial charge in [0, 0.05) is 5.56 Å². The average molecular weight is 392 g/mol. The zero-order valence-corrected chi connectivity index (χ0v) is 15.7. The summed E-state index contributed by atoms with van der Waals surface area (Å²) in [5.74, 6) is 1.10. The summed E-state index contributed by atoms with van der Waals surface area (Å²) in [4.78, 5) is 4.69. The number of oxazole rings is 1. The fourth-order valence-electron chi connectivity index (χ4n) is 2.90. The van der Waals surface area contributed by atoms with Crippen LogP contribution in [0.25, 0.3) is 33.7 Å². The average Bonchev–Trinajstić information content (AvgIpc) is 3.07. The highest BCUT2D eigenvalue weighted by Gasteiger charge is 2.13. The maximum Gasteiger partial charge on any atom is 0.227 e. The normalized spacial score (nSPS) is 11.4. The van der Waals surface area contributed by atoms with Gasteiger partial charge in [-0.25, -0.2) is 4.98 Å². The topological polar surface area (TPSA) is 26.0 Å². The highest BCUT2D eigenvalue weighted by atomic mass is 79.9. The molecule has 0 amide bonds. The van der Waals surface area contributed by atoms with Gasteiger partial charge in [-0.3, -0.25) is 0 Å². The largest absolute Gasteiger partial charge is 0.435 e. The van der Waals surface area contributed by atoms with Crippen LogP contribution in [0.5, 0.6) is 0 Å². The first kappa shape index (κ1) is 16.1. The van der Waals surface area contributed by atoms with Gasteiger partial charge in [0.1, 0.15) is 5.52 Å². The Morgan fingerprint density at radius 2 is 1.48 bits per heavy atom. The molecule has 3 heteroatoms. The second kappa shape index (κ2) is 6.49. The first-order chi connectivity index (χ1) is 12.1.